The highest BCUT2D eigenvalue weighted by Gasteiger charge is 2.42. The average molecular weight is 1540 g/mol. The lowest BCUT2D eigenvalue weighted by Gasteiger charge is -2.31. The Bertz CT molecular complexity index is 4300. The molecule has 0 aliphatic heterocycles. The minimum Gasteiger partial charge on any atom is -0.497 e. The maximum atomic E-state index is 15.0. The molecular weight excluding hydrogens is 1430 g/mol. The van der Waals surface area contributed by atoms with Gasteiger partial charge < -0.3 is 76.5 Å². The molecule has 6 aromatic carbocycles. The van der Waals surface area contributed by atoms with E-state index in [2.05, 4.69) is 30.9 Å². The summed E-state index contributed by atoms with van der Waals surface area (Å²) in [5, 5.41) is 11.0. The fourth-order valence-electron chi connectivity index (χ4n) is 13.3. The summed E-state index contributed by atoms with van der Waals surface area (Å²) in [6, 6.07) is 33.1. The van der Waals surface area contributed by atoms with Crippen molar-refractivity contribution in [3.8, 4) is 17.2 Å². The van der Waals surface area contributed by atoms with Gasteiger partial charge in [-0.05, 0) is 264 Å². The van der Waals surface area contributed by atoms with Gasteiger partial charge in [0, 0.05) is 74.3 Å². The van der Waals surface area contributed by atoms with Crippen LogP contribution in [0.2, 0.25) is 0 Å². The van der Waals surface area contributed by atoms with E-state index >= 15 is 0 Å². The van der Waals surface area contributed by atoms with E-state index in [0.29, 0.717) is 142 Å². The van der Waals surface area contributed by atoms with Crippen molar-refractivity contribution >= 4 is 103 Å². The van der Waals surface area contributed by atoms with Gasteiger partial charge in [0.1, 0.15) is 52.2 Å². The topological polar surface area (TPSA) is 380 Å². The predicted octanol–water partition coefficient (Wildman–Crippen LogP) is 13.7. The van der Waals surface area contributed by atoms with Gasteiger partial charge in [-0.2, -0.15) is 0 Å². The SMILES string of the molecule is COc1ccc2[nH]cc(CC(=O)N(C(=O)OC(C)(C)C)[C@@H](CCCCN)C(=O)Nc3ccc(C(c4ccc(NC(=O)[C@H](CCCCN)N(C(=O)Cc5c[nH]c6ccc(OC)cc56)C(=O)OC(C)(C)C)cc4)c4ccc(NC(=O)[C@H](CCCCN)N(C(=O)Cc5c[nH]c6ccc(OC)cc56)C(=O)OC(C)(C)C)cc4)cc3)c2c1. The van der Waals surface area contributed by atoms with Gasteiger partial charge in [-0.1, -0.05) is 36.4 Å². The fourth-order valence-corrected chi connectivity index (χ4v) is 13.3. The minimum absolute atomic E-state index is 0.0528. The number of ether oxygens (including phenoxy) is 6. The lowest BCUT2D eigenvalue weighted by molar-refractivity contribution is -0.137. The summed E-state index contributed by atoms with van der Waals surface area (Å²) in [6.07, 6.45) is 3.95. The van der Waals surface area contributed by atoms with Gasteiger partial charge in [0.2, 0.25) is 35.4 Å². The molecule has 0 aliphatic carbocycles. The van der Waals surface area contributed by atoms with Crippen LogP contribution in [-0.4, -0.2) is 159 Å². The summed E-state index contributed by atoms with van der Waals surface area (Å²) in [6.45, 7) is 15.9. The molecule has 3 atom stereocenters. The largest absolute Gasteiger partial charge is 0.497 e. The zero-order chi connectivity index (χ0) is 81.2. The molecule has 3 aromatic heterocycles. The lowest BCUT2D eigenvalue weighted by Crippen LogP contribution is -2.52. The van der Waals surface area contributed by atoms with Crippen LogP contribution in [0.15, 0.2) is 146 Å². The number of aromatic amines is 3. The van der Waals surface area contributed by atoms with E-state index in [4.69, 9.17) is 45.6 Å². The average Bonchev–Trinajstić information content (AvgIpc) is 1.46. The molecule has 0 bridgehead atoms. The first-order chi connectivity index (χ1) is 53.3. The maximum Gasteiger partial charge on any atom is 0.417 e. The number of hydrogen-bond acceptors (Lipinski definition) is 18. The van der Waals surface area contributed by atoms with Crippen molar-refractivity contribution in [3.05, 3.63) is 179 Å². The number of nitrogens with two attached hydrogens (primary N) is 3. The van der Waals surface area contributed by atoms with Crippen LogP contribution in [0, 0.1) is 0 Å². The third kappa shape index (κ3) is 22.4. The number of nitrogens with one attached hydrogen (secondary N) is 6. The number of imide groups is 3. The van der Waals surface area contributed by atoms with Crippen LogP contribution in [0.5, 0.6) is 17.2 Å². The third-order valence-corrected chi connectivity index (χ3v) is 18.7. The van der Waals surface area contributed by atoms with Gasteiger partial charge in [-0.15, -0.1) is 0 Å². The zero-order valence-corrected chi connectivity index (χ0v) is 66.0. The van der Waals surface area contributed by atoms with E-state index in [9.17, 15) is 43.2 Å². The Morgan fingerprint density at radius 3 is 0.839 bits per heavy atom. The minimum atomic E-state index is -1.35. The number of fused-ring (bicyclic) bond motifs is 3. The quantitative estimate of drug-likeness (QED) is 0.0105. The standard InChI is InChI=1S/C85H106N12O15/c1-83(2,3)110-80(104)95(73(98)43-55-49-89-67-37-34-61(107-10)46-64(55)67)70(19-13-16-40-86)77(101)92-58-28-22-52(23-29-58)76(53-24-30-59(31-25-53)93-78(102)71(20-14-17-41-87)96(81(105)111-84(4,5)6)74(99)44-56-50-90-68-38-35-62(108-11)47-65(56)68)54-26-32-60(33-27-54)94-79(103)72(21-15-18-42-88)97(82(106)112-85(7,8)9)75(100)45-57-51-91-69-39-36-63(109-12)48-66(57)69/h22-39,46-51,70-72,76,89-91H,13-21,40-45,86-88H2,1-12H3,(H,92,101)(H,93,102)(H,94,103)/t70-,71-,72-/m0/s1. The molecule has 12 N–H and O–H groups in total. The number of aromatic nitrogens is 3. The molecule has 0 spiro atoms. The molecule has 0 fully saturated rings. The van der Waals surface area contributed by atoms with Gasteiger partial charge in [-0.3, -0.25) is 28.8 Å². The monoisotopic (exact) mass is 1530 g/mol. The number of methoxy groups -OCH3 is 3. The van der Waals surface area contributed by atoms with Crippen molar-refractivity contribution in [2.24, 2.45) is 17.2 Å². The highest BCUT2D eigenvalue weighted by atomic mass is 16.6. The number of H-pyrrole nitrogens is 3. The van der Waals surface area contributed by atoms with Crippen LogP contribution in [0.4, 0.5) is 31.4 Å². The summed E-state index contributed by atoms with van der Waals surface area (Å²) in [4.78, 5) is 144. The Labute approximate surface area is 652 Å². The molecule has 27 nitrogen and oxygen atoms in total. The molecule has 0 saturated heterocycles. The first kappa shape index (κ1) is 84.5. The van der Waals surface area contributed by atoms with E-state index in [1.54, 1.807) is 190 Å². The van der Waals surface area contributed by atoms with Crippen molar-refractivity contribution in [3.63, 3.8) is 0 Å². The number of nitrogens with zero attached hydrogens (tertiary/aromatic N) is 3. The van der Waals surface area contributed by atoms with Gasteiger partial charge >= 0.3 is 18.3 Å². The second-order valence-electron chi connectivity index (χ2n) is 30.6. The van der Waals surface area contributed by atoms with Crippen molar-refractivity contribution in [1.82, 2.24) is 29.7 Å². The van der Waals surface area contributed by atoms with E-state index in [-0.39, 0.29) is 38.5 Å². The van der Waals surface area contributed by atoms with Crippen LogP contribution in [0.3, 0.4) is 0 Å². The molecule has 9 amide bonds. The second kappa shape index (κ2) is 37.9. The molecular formula is C85H106N12O15. The van der Waals surface area contributed by atoms with E-state index in [0.717, 1.165) is 31.2 Å². The molecule has 0 aliphatic rings. The van der Waals surface area contributed by atoms with Crippen LogP contribution in [0.1, 0.15) is 159 Å². The summed E-state index contributed by atoms with van der Waals surface area (Å²) in [5.41, 5.74) is 21.6. The summed E-state index contributed by atoms with van der Waals surface area (Å²) in [5.74, 6) is -2.99. The number of carbonyl (C=O) groups is 9. The Kier molecular flexibility index (Phi) is 28.6. The number of carbonyl (C=O) groups excluding carboxylic acids is 9. The number of unbranched alkanes of at least 4 members (excludes halogenated alkanes) is 3. The molecule has 0 unspecified atom stereocenters. The number of hydrogen-bond donors (Lipinski definition) is 9. The summed E-state index contributed by atoms with van der Waals surface area (Å²) >= 11 is 0. The van der Waals surface area contributed by atoms with Gasteiger partial charge in [-0.25, -0.2) is 29.1 Å². The maximum absolute atomic E-state index is 15.0. The third-order valence-electron chi connectivity index (χ3n) is 18.7. The Morgan fingerprint density at radius 2 is 0.616 bits per heavy atom. The molecule has 9 aromatic rings. The molecule has 0 radical (unpaired) electrons. The Balaban J connectivity index is 1.06. The Hall–Kier alpha value is -11.6. The van der Waals surface area contributed by atoms with Crippen molar-refractivity contribution in [2.75, 3.05) is 56.9 Å². The lowest BCUT2D eigenvalue weighted by atomic mass is 9.85. The summed E-state index contributed by atoms with van der Waals surface area (Å²) in [7, 11) is 4.60. The molecule has 0 saturated carbocycles. The van der Waals surface area contributed by atoms with E-state index in [1.807, 2.05) is 18.2 Å². The number of amides is 9. The molecule has 112 heavy (non-hydrogen) atoms. The zero-order valence-electron chi connectivity index (χ0n) is 66.0. The van der Waals surface area contributed by atoms with E-state index < -0.39 is 94.6 Å². The highest BCUT2D eigenvalue weighted by Crippen LogP contribution is 2.36. The highest BCUT2D eigenvalue weighted by molar-refractivity contribution is 6.07. The smallest absolute Gasteiger partial charge is 0.417 e. The second-order valence-corrected chi connectivity index (χ2v) is 30.6. The molecule has 9 rings (SSSR count). The number of rotatable bonds is 33. The normalized spacial score (nSPS) is 12.5. The first-order valence-corrected chi connectivity index (χ1v) is 37.7. The molecule has 27 heteroatoms. The first-order valence-electron chi connectivity index (χ1n) is 37.7. The number of benzene rings is 6. The van der Waals surface area contributed by atoms with Crippen LogP contribution in [-0.2, 0) is 62.2 Å². The fraction of sp³-hybridized carbons (Fsp3) is 0.400. The van der Waals surface area contributed by atoms with Gasteiger partial charge in [0.15, 0.2) is 0 Å². The van der Waals surface area contributed by atoms with Crippen molar-refractivity contribution < 1.29 is 71.6 Å². The van der Waals surface area contributed by atoms with Crippen LogP contribution >= 0.6 is 0 Å². The van der Waals surface area contributed by atoms with Gasteiger partial charge in [0.05, 0.1) is 40.6 Å². The van der Waals surface area contributed by atoms with Crippen molar-refractivity contribution in [1.29, 1.82) is 0 Å². The van der Waals surface area contributed by atoms with Crippen molar-refractivity contribution in [2.45, 2.75) is 180 Å². The molecule has 3 heterocycles. The Morgan fingerprint density at radius 1 is 0.366 bits per heavy atom. The van der Waals surface area contributed by atoms with E-state index in [1.165, 1.54) is 21.3 Å². The van der Waals surface area contributed by atoms with Gasteiger partial charge in [0.25, 0.3) is 0 Å². The number of anilines is 3. The predicted molar refractivity (Wildman–Crippen MR) is 431 cm³/mol. The van der Waals surface area contributed by atoms with Crippen LogP contribution in [0.25, 0.3) is 32.7 Å². The van der Waals surface area contributed by atoms with Crippen LogP contribution < -0.4 is 47.4 Å². The molecule has 596 valence electrons. The summed E-state index contributed by atoms with van der Waals surface area (Å²) < 4.78 is 34.0.